The molecule has 2 aromatic carbocycles. The number of amides is 1. The van der Waals surface area contributed by atoms with E-state index in [1.807, 2.05) is 13.0 Å². The number of carbonyl (C=O) groups is 2. The van der Waals surface area contributed by atoms with Crippen LogP contribution in [-0.2, 0) is 20.7 Å². The van der Waals surface area contributed by atoms with E-state index >= 15 is 0 Å². The summed E-state index contributed by atoms with van der Waals surface area (Å²) in [5, 5.41) is 3.04. The average Bonchev–Trinajstić information content (AvgIpc) is 2.56. The summed E-state index contributed by atoms with van der Waals surface area (Å²) in [4.78, 5) is 23.7. The maximum Gasteiger partial charge on any atom is 0.310 e. The van der Waals surface area contributed by atoms with Crippen molar-refractivity contribution in [3.63, 3.8) is 0 Å². The molecule has 1 amide bonds. The first-order chi connectivity index (χ1) is 11.5. The molecule has 0 heterocycles. The summed E-state index contributed by atoms with van der Waals surface area (Å²) in [6.07, 6.45) is 0.0652. The fourth-order valence-corrected chi connectivity index (χ4v) is 2.34. The van der Waals surface area contributed by atoms with Crippen LogP contribution in [0.5, 0.6) is 5.75 Å². The lowest BCUT2D eigenvalue weighted by atomic mass is 10.1. The number of ether oxygens (including phenoxy) is 2. The van der Waals surface area contributed by atoms with Gasteiger partial charge < -0.3 is 14.8 Å². The van der Waals surface area contributed by atoms with Gasteiger partial charge in [0.2, 0.25) is 0 Å². The van der Waals surface area contributed by atoms with Crippen LogP contribution in [0, 0.1) is 6.92 Å². The number of nitrogens with one attached hydrogen (secondary N) is 1. The lowest BCUT2D eigenvalue weighted by Crippen LogP contribution is -2.21. The molecule has 0 saturated carbocycles. The minimum atomic E-state index is -0.492. The zero-order valence-electron chi connectivity index (χ0n) is 13.5. The Balaban J connectivity index is 1.83. The maximum absolute atomic E-state index is 11.8. The number of benzene rings is 2. The number of aryl methyl sites for hydroxylation is 1. The summed E-state index contributed by atoms with van der Waals surface area (Å²) in [7, 11) is 1.55. The second-order valence-corrected chi connectivity index (χ2v) is 5.63. The van der Waals surface area contributed by atoms with Gasteiger partial charge in [-0.2, -0.15) is 0 Å². The van der Waals surface area contributed by atoms with Crippen LogP contribution in [-0.4, -0.2) is 25.6 Å². The van der Waals surface area contributed by atoms with Crippen molar-refractivity contribution in [3.8, 4) is 5.75 Å². The molecule has 2 rings (SSSR count). The summed E-state index contributed by atoms with van der Waals surface area (Å²) in [6, 6.07) is 12.4. The van der Waals surface area contributed by atoms with Crippen LogP contribution < -0.4 is 10.1 Å². The zero-order valence-corrected chi connectivity index (χ0v) is 14.2. The van der Waals surface area contributed by atoms with E-state index in [0.29, 0.717) is 16.5 Å². The number of halogens is 1. The van der Waals surface area contributed by atoms with Crippen LogP contribution in [0.1, 0.15) is 11.1 Å². The van der Waals surface area contributed by atoms with Crippen LogP contribution in [0.3, 0.4) is 0 Å². The Morgan fingerprint density at radius 2 is 1.96 bits per heavy atom. The van der Waals surface area contributed by atoms with Crippen LogP contribution >= 0.6 is 11.6 Å². The highest BCUT2D eigenvalue weighted by atomic mass is 35.5. The smallest absolute Gasteiger partial charge is 0.310 e. The number of methoxy groups -OCH3 is 1. The summed E-state index contributed by atoms with van der Waals surface area (Å²) >= 11 is 6.04. The van der Waals surface area contributed by atoms with Crippen molar-refractivity contribution in [3.05, 3.63) is 58.6 Å². The third-order valence-electron chi connectivity index (χ3n) is 3.25. The molecule has 0 radical (unpaired) electrons. The Morgan fingerprint density at radius 1 is 1.17 bits per heavy atom. The van der Waals surface area contributed by atoms with Crippen molar-refractivity contribution in [2.75, 3.05) is 19.0 Å². The molecule has 2 aromatic rings. The molecule has 0 bridgehead atoms. The van der Waals surface area contributed by atoms with E-state index < -0.39 is 11.9 Å². The number of hydrogen-bond acceptors (Lipinski definition) is 4. The molecule has 0 atom stereocenters. The lowest BCUT2D eigenvalue weighted by molar-refractivity contribution is -0.146. The molecule has 24 heavy (non-hydrogen) atoms. The molecular formula is C18H18ClNO4. The Bertz CT molecular complexity index is 746. The zero-order chi connectivity index (χ0) is 17.5. The highest BCUT2D eigenvalue weighted by Gasteiger charge is 2.11. The molecular weight excluding hydrogens is 330 g/mol. The van der Waals surface area contributed by atoms with Gasteiger partial charge in [0.1, 0.15) is 5.75 Å². The highest BCUT2D eigenvalue weighted by Crippen LogP contribution is 2.22. The maximum atomic E-state index is 11.8. The Kier molecular flexibility index (Phi) is 6.21. The van der Waals surface area contributed by atoms with E-state index in [2.05, 4.69) is 5.32 Å². The molecule has 6 heteroatoms. The third kappa shape index (κ3) is 5.28. The van der Waals surface area contributed by atoms with Crippen LogP contribution in [0.4, 0.5) is 5.69 Å². The minimum absolute atomic E-state index is 0.0652. The second-order valence-electron chi connectivity index (χ2n) is 5.22. The lowest BCUT2D eigenvalue weighted by Gasteiger charge is -2.09. The van der Waals surface area contributed by atoms with E-state index in [0.717, 1.165) is 11.1 Å². The van der Waals surface area contributed by atoms with Gasteiger partial charge >= 0.3 is 5.97 Å². The summed E-state index contributed by atoms with van der Waals surface area (Å²) < 4.78 is 10.1. The average molecular weight is 348 g/mol. The van der Waals surface area contributed by atoms with Gasteiger partial charge in [0.15, 0.2) is 6.61 Å². The molecule has 0 fully saturated rings. The molecule has 1 N–H and O–H groups in total. The largest absolute Gasteiger partial charge is 0.497 e. The molecule has 0 aromatic heterocycles. The Hall–Kier alpha value is -2.53. The Labute approximate surface area is 145 Å². The standard InChI is InChI=1S/C18H18ClNO4/c1-12-6-7-16(15(19)8-12)20-17(21)11-24-18(22)10-13-4-3-5-14(9-13)23-2/h3-9H,10-11H2,1-2H3,(H,20,21). The van der Waals surface area contributed by atoms with Crippen LogP contribution in [0.25, 0.3) is 0 Å². The molecule has 126 valence electrons. The number of hydrogen-bond donors (Lipinski definition) is 1. The Morgan fingerprint density at radius 3 is 2.67 bits per heavy atom. The molecule has 0 aliphatic heterocycles. The van der Waals surface area contributed by atoms with Crippen molar-refractivity contribution in [1.82, 2.24) is 0 Å². The van der Waals surface area contributed by atoms with Gasteiger partial charge in [-0.25, -0.2) is 0 Å². The second kappa shape index (κ2) is 8.36. The fourth-order valence-electron chi connectivity index (χ4n) is 2.05. The highest BCUT2D eigenvalue weighted by molar-refractivity contribution is 6.33. The van der Waals surface area contributed by atoms with Crippen molar-refractivity contribution < 1.29 is 19.1 Å². The molecule has 0 spiro atoms. The van der Waals surface area contributed by atoms with E-state index in [1.165, 1.54) is 0 Å². The van der Waals surface area contributed by atoms with Crippen LogP contribution in [0.15, 0.2) is 42.5 Å². The molecule has 0 unspecified atom stereocenters. The predicted octanol–water partition coefficient (Wildman–Crippen LogP) is 3.38. The summed E-state index contributed by atoms with van der Waals surface area (Å²) in [5.41, 5.74) is 2.22. The van der Waals surface area contributed by atoms with Gasteiger partial charge in [-0.05, 0) is 42.3 Å². The van der Waals surface area contributed by atoms with E-state index in [-0.39, 0.29) is 13.0 Å². The van der Waals surface area contributed by atoms with E-state index in [9.17, 15) is 9.59 Å². The number of rotatable bonds is 6. The summed E-state index contributed by atoms with van der Waals surface area (Å²) in [6.45, 7) is 1.53. The van der Waals surface area contributed by atoms with Crippen molar-refractivity contribution in [2.24, 2.45) is 0 Å². The van der Waals surface area contributed by atoms with Crippen molar-refractivity contribution in [1.29, 1.82) is 0 Å². The fraction of sp³-hybridized carbons (Fsp3) is 0.222. The van der Waals surface area contributed by atoms with E-state index in [4.69, 9.17) is 21.1 Å². The first kappa shape index (κ1) is 17.8. The predicted molar refractivity (Wildman–Crippen MR) is 92.5 cm³/mol. The number of carbonyl (C=O) groups excluding carboxylic acids is 2. The van der Waals surface area contributed by atoms with Gasteiger partial charge in [0.05, 0.1) is 24.2 Å². The first-order valence-electron chi connectivity index (χ1n) is 7.32. The van der Waals surface area contributed by atoms with E-state index in [1.54, 1.807) is 43.5 Å². The number of anilines is 1. The molecule has 0 aliphatic carbocycles. The van der Waals surface area contributed by atoms with Gasteiger partial charge in [0.25, 0.3) is 5.91 Å². The monoisotopic (exact) mass is 347 g/mol. The van der Waals surface area contributed by atoms with Crippen LogP contribution in [0.2, 0.25) is 5.02 Å². The normalized spacial score (nSPS) is 10.1. The van der Waals surface area contributed by atoms with Gasteiger partial charge in [-0.15, -0.1) is 0 Å². The molecule has 5 nitrogen and oxygen atoms in total. The molecule has 0 aliphatic rings. The van der Waals surface area contributed by atoms with Crippen molar-refractivity contribution in [2.45, 2.75) is 13.3 Å². The quantitative estimate of drug-likeness (QED) is 0.813. The summed E-state index contributed by atoms with van der Waals surface area (Å²) in [5.74, 6) is -0.278. The van der Waals surface area contributed by atoms with Gasteiger partial charge in [-0.3, -0.25) is 9.59 Å². The number of esters is 1. The van der Waals surface area contributed by atoms with Gasteiger partial charge in [0, 0.05) is 0 Å². The topological polar surface area (TPSA) is 64.6 Å². The third-order valence-corrected chi connectivity index (χ3v) is 3.56. The first-order valence-corrected chi connectivity index (χ1v) is 7.70. The van der Waals surface area contributed by atoms with Crippen molar-refractivity contribution >= 4 is 29.2 Å². The minimum Gasteiger partial charge on any atom is -0.497 e. The molecule has 0 saturated heterocycles. The SMILES string of the molecule is COc1cccc(CC(=O)OCC(=O)Nc2ccc(C)cc2Cl)c1. The van der Waals surface area contributed by atoms with Gasteiger partial charge in [-0.1, -0.05) is 29.8 Å².